The van der Waals surface area contributed by atoms with Gasteiger partial charge in [0.15, 0.2) is 0 Å². The fourth-order valence-corrected chi connectivity index (χ4v) is 4.67. The molecular weight excluding hydrogens is 172 g/mol. The lowest BCUT2D eigenvalue weighted by molar-refractivity contribution is 0.0630. The zero-order valence-corrected chi connectivity index (χ0v) is 9.24. The Morgan fingerprint density at radius 3 is 2.79 bits per heavy atom. The Kier molecular flexibility index (Phi) is 2.31. The number of fused-ring (bicyclic) bond motifs is 5. The molecule has 0 aromatic heterocycles. The molecule has 5 unspecified atom stereocenters. The van der Waals surface area contributed by atoms with Crippen LogP contribution in [-0.4, -0.2) is 13.2 Å². The maximum Gasteiger partial charge on any atom is 0.0496 e. The molecule has 0 spiro atoms. The molecule has 0 aromatic rings. The van der Waals surface area contributed by atoms with Crippen molar-refractivity contribution in [2.45, 2.75) is 39.0 Å². The van der Waals surface area contributed by atoms with Crippen LogP contribution < -0.4 is 0 Å². The van der Waals surface area contributed by atoms with E-state index in [9.17, 15) is 0 Å². The SMILES string of the molecule is CCOCC1CC2CC1C1CCCC21. The number of rotatable bonds is 3. The summed E-state index contributed by atoms with van der Waals surface area (Å²) in [7, 11) is 0. The van der Waals surface area contributed by atoms with Crippen LogP contribution in [0.25, 0.3) is 0 Å². The molecule has 3 saturated carbocycles. The van der Waals surface area contributed by atoms with Gasteiger partial charge in [0, 0.05) is 13.2 Å². The maximum absolute atomic E-state index is 5.62. The van der Waals surface area contributed by atoms with E-state index in [0.717, 1.165) is 42.8 Å². The van der Waals surface area contributed by atoms with Crippen LogP contribution in [0.4, 0.5) is 0 Å². The van der Waals surface area contributed by atoms with Crippen molar-refractivity contribution in [3.05, 3.63) is 0 Å². The summed E-state index contributed by atoms with van der Waals surface area (Å²) < 4.78 is 5.62. The minimum atomic E-state index is 0.905. The van der Waals surface area contributed by atoms with Gasteiger partial charge in [-0.3, -0.25) is 0 Å². The second-order valence-electron chi connectivity index (χ2n) is 5.57. The van der Waals surface area contributed by atoms with Gasteiger partial charge in [-0.1, -0.05) is 6.42 Å². The Bertz CT molecular complexity index is 213. The van der Waals surface area contributed by atoms with Crippen LogP contribution in [0, 0.1) is 29.6 Å². The Morgan fingerprint density at radius 2 is 1.93 bits per heavy atom. The minimum absolute atomic E-state index is 0.905. The summed E-state index contributed by atoms with van der Waals surface area (Å²) >= 11 is 0. The van der Waals surface area contributed by atoms with Gasteiger partial charge >= 0.3 is 0 Å². The first-order chi connectivity index (χ1) is 6.90. The van der Waals surface area contributed by atoms with Gasteiger partial charge in [0.05, 0.1) is 0 Å². The molecule has 80 valence electrons. The summed E-state index contributed by atoms with van der Waals surface area (Å²) in [5, 5.41) is 0. The molecule has 0 N–H and O–H groups in total. The highest BCUT2D eigenvalue weighted by Crippen LogP contribution is 2.60. The number of hydrogen-bond donors (Lipinski definition) is 0. The van der Waals surface area contributed by atoms with Gasteiger partial charge < -0.3 is 4.74 Å². The Hall–Kier alpha value is -0.0400. The lowest BCUT2D eigenvalue weighted by Crippen LogP contribution is -2.27. The first-order valence-corrected chi connectivity index (χ1v) is 6.48. The van der Waals surface area contributed by atoms with Crippen molar-refractivity contribution in [2.24, 2.45) is 29.6 Å². The summed E-state index contributed by atoms with van der Waals surface area (Å²) in [5.41, 5.74) is 0. The highest BCUT2D eigenvalue weighted by atomic mass is 16.5. The van der Waals surface area contributed by atoms with E-state index in [1.165, 1.54) is 19.3 Å². The molecule has 1 nitrogen and oxygen atoms in total. The lowest BCUT2D eigenvalue weighted by Gasteiger charge is -2.31. The normalized spacial score (nSPS) is 49.9. The van der Waals surface area contributed by atoms with Crippen LogP contribution >= 0.6 is 0 Å². The molecule has 3 aliphatic carbocycles. The van der Waals surface area contributed by atoms with Gasteiger partial charge in [0.1, 0.15) is 0 Å². The average Bonchev–Trinajstić information content (AvgIpc) is 2.85. The molecule has 0 radical (unpaired) electrons. The van der Waals surface area contributed by atoms with Crippen LogP contribution in [0.3, 0.4) is 0 Å². The average molecular weight is 194 g/mol. The van der Waals surface area contributed by atoms with Gasteiger partial charge in [-0.2, -0.15) is 0 Å². The fourth-order valence-electron chi connectivity index (χ4n) is 4.67. The van der Waals surface area contributed by atoms with Gasteiger partial charge in [0.2, 0.25) is 0 Å². The van der Waals surface area contributed by atoms with Crippen LogP contribution in [-0.2, 0) is 4.74 Å². The molecule has 1 heteroatoms. The third-order valence-corrected chi connectivity index (χ3v) is 5.10. The summed E-state index contributed by atoms with van der Waals surface area (Å²) in [6.45, 7) is 4.08. The summed E-state index contributed by atoms with van der Waals surface area (Å²) in [6.07, 6.45) is 7.64. The van der Waals surface area contributed by atoms with Gasteiger partial charge in [-0.15, -0.1) is 0 Å². The molecule has 3 rings (SSSR count). The van der Waals surface area contributed by atoms with Crippen LogP contribution in [0.1, 0.15) is 39.0 Å². The summed E-state index contributed by atoms with van der Waals surface area (Å²) in [4.78, 5) is 0. The second-order valence-corrected chi connectivity index (χ2v) is 5.57. The van der Waals surface area contributed by atoms with Crippen molar-refractivity contribution in [3.8, 4) is 0 Å². The van der Waals surface area contributed by atoms with Crippen LogP contribution in [0.15, 0.2) is 0 Å². The molecule has 0 aromatic carbocycles. The molecule has 0 aliphatic heterocycles. The number of ether oxygens (including phenoxy) is 1. The topological polar surface area (TPSA) is 9.23 Å². The minimum Gasteiger partial charge on any atom is -0.381 e. The molecule has 0 amide bonds. The quantitative estimate of drug-likeness (QED) is 0.671. The van der Waals surface area contributed by atoms with E-state index in [2.05, 4.69) is 6.92 Å². The summed E-state index contributed by atoms with van der Waals surface area (Å²) in [5.74, 6) is 5.33. The maximum atomic E-state index is 5.62. The van der Waals surface area contributed by atoms with Crippen molar-refractivity contribution in [1.29, 1.82) is 0 Å². The largest absolute Gasteiger partial charge is 0.381 e. The predicted octanol–water partition coefficient (Wildman–Crippen LogP) is 3.10. The van der Waals surface area contributed by atoms with Crippen LogP contribution in [0.2, 0.25) is 0 Å². The zero-order valence-electron chi connectivity index (χ0n) is 9.24. The van der Waals surface area contributed by atoms with Crippen molar-refractivity contribution < 1.29 is 4.74 Å². The molecular formula is C13H22O. The molecule has 0 saturated heterocycles. The first kappa shape index (κ1) is 9.21. The fraction of sp³-hybridized carbons (Fsp3) is 1.00. The van der Waals surface area contributed by atoms with Crippen molar-refractivity contribution in [3.63, 3.8) is 0 Å². The first-order valence-electron chi connectivity index (χ1n) is 6.48. The molecule has 14 heavy (non-hydrogen) atoms. The molecule has 5 atom stereocenters. The second kappa shape index (κ2) is 3.52. The Labute approximate surface area is 87.2 Å². The lowest BCUT2D eigenvalue weighted by atomic mass is 9.76. The molecule has 3 fully saturated rings. The van der Waals surface area contributed by atoms with Crippen LogP contribution in [0.5, 0.6) is 0 Å². The predicted molar refractivity (Wildman–Crippen MR) is 57.0 cm³/mol. The van der Waals surface area contributed by atoms with E-state index < -0.39 is 0 Å². The summed E-state index contributed by atoms with van der Waals surface area (Å²) in [6, 6.07) is 0. The van der Waals surface area contributed by atoms with Gasteiger partial charge in [-0.05, 0) is 62.2 Å². The van der Waals surface area contributed by atoms with Gasteiger partial charge in [0.25, 0.3) is 0 Å². The highest BCUT2D eigenvalue weighted by Gasteiger charge is 2.53. The standard InChI is InChI=1S/C13H22O/c1-2-14-8-10-6-9-7-13(10)12-5-3-4-11(9)12/h9-13H,2-8H2,1H3. The Morgan fingerprint density at radius 1 is 1.07 bits per heavy atom. The van der Waals surface area contributed by atoms with E-state index in [0.29, 0.717) is 0 Å². The zero-order chi connectivity index (χ0) is 9.54. The monoisotopic (exact) mass is 194 g/mol. The third kappa shape index (κ3) is 1.25. The van der Waals surface area contributed by atoms with E-state index in [1.54, 1.807) is 12.8 Å². The van der Waals surface area contributed by atoms with E-state index in [-0.39, 0.29) is 0 Å². The van der Waals surface area contributed by atoms with Crippen molar-refractivity contribution in [1.82, 2.24) is 0 Å². The Balaban J connectivity index is 1.65. The van der Waals surface area contributed by atoms with E-state index in [4.69, 9.17) is 4.74 Å². The molecule has 2 bridgehead atoms. The molecule has 0 heterocycles. The smallest absolute Gasteiger partial charge is 0.0496 e. The van der Waals surface area contributed by atoms with E-state index in [1.807, 2.05) is 0 Å². The molecule has 3 aliphatic rings. The highest BCUT2D eigenvalue weighted by molar-refractivity contribution is 5.02. The number of hydrogen-bond acceptors (Lipinski definition) is 1. The van der Waals surface area contributed by atoms with Crippen molar-refractivity contribution in [2.75, 3.05) is 13.2 Å². The van der Waals surface area contributed by atoms with Gasteiger partial charge in [-0.25, -0.2) is 0 Å². The van der Waals surface area contributed by atoms with Crippen molar-refractivity contribution >= 4 is 0 Å². The van der Waals surface area contributed by atoms with E-state index >= 15 is 0 Å². The third-order valence-electron chi connectivity index (χ3n) is 5.10.